The van der Waals surface area contributed by atoms with Crippen LogP contribution < -0.4 is 0 Å². The molecule has 6 heteroatoms. The van der Waals surface area contributed by atoms with Crippen molar-refractivity contribution in [1.29, 1.82) is 0 Å². The lowest BCUT2D eigenvalue weighted by atomic mass is 9.72. The molecule has 0 radical (unpaired) electrons. The first-order chi connectivity index (χ1) is 14.1. The van der Waals surface area contributed by atoms with Gasteiger partial charge in [0.15, 0.2) is 0 Å². The molecule has 154 valence electrons. The first-order valence-electron chi connectivity index (χ1n) is 10.8. The summed E-state index contributed by atoms with van der Waals surface area (Å²) >= 11 is 0. The van der Waals surface area contributed by atoms with Crippen molar-refractivity contribution >= 4 is 22.8 Å². The SMILES string of the molecule is O=C1CCC2(CCN(C(=O)c3coc4ccccc34)CC2)CN1C[C@H]1CCCO1. The van der Waals surface area contributed by atoms with Gasteiger partial charge in [-0.2, -0.15) is 0 Å². The van der Waals surface area contributed by atoms with Gasteiger partial charge in [0.2, 0.25) is 5.91 Å². The second-order valence-electron chi connectivity index (χ2n) is 8.85. The van der Waals surface area contributed by atoms with Crippen molar-refractivity contribution in [3.8, 4) is 0 Å². The van der Waals surface area contributed by atoms with Gasteiger partial charge in [-0.1, -0.05) is 18.2 Å². The van der Waals surface area contributed by atoms with Crippen LogP contribution in [0.15, 0.2) is 34.9 Å². The first kappa shape index (κ1) is 18.7. The molecular weight excluding hydrogens is 368 g/mol. The predicted octanol–water partition coefficient (Wildman–Crippen LogP) is 3.46. The normalized spacial score (nSPS) is 24.6. The molecule has 0 bridgehead atoms. The summed E-state index contributed by atoms with van der Waals surface area (Å²) in [6, 6.07) is 7.67. The number of likely N-dealkylation sites (tertiary alicyclic amines) is 2. The molecule has 2 aromatic rings. The lowest BCUT2D eigenvalue weighted by Gasteiger charge is -2.47. The summed E-state index contributed by atoms with van der Waals surface area (Å²) in [5.41, 5.74) is 1.54. The zero-order chi connectivity index (χ0) is 19.8. The number of fused-ring (bicyclic) bond motifs is 1. The summed E-state index contributed by atoms with van der Waals surface area (Å²) in [7, 11) is 0. The molecule has 5 rings (SSSR count). The standard InChI is InChI=1S/C23H28N2O4/c26-21-7-8-23(16-25(21)14-17-4-3-13-28-17)9-11-24(12-10-23)22(27)19-15-29-20-6-2-1-5-18(19)20/h1-2,5-6,15,17H,3-4,7-14,16H2/t17-/m1/s1. The van der Waals surface area contributed by atoms with Crippen molar-refractivity contribution < 1.29 is 18.7 Å². The molecule has 3 aliphatic rings. The summed E-state index contributed by atoms with van der Waals surface area (Å²) in [6.45, 7) is 3.82. The van der Waals surface area contributed by atoms with E-state index in [9.17, 15) is 9.59 Å². The van der Waals surface area contributed by atoms with Gasteiger partial charge in [0.1, 0.15) is 11.8 Å². The number of hydrogen-bond acceptors (Lipinski definition) is 4. The zero-order valence-corrected chi connectivity index (χ0v) is 16.8. The van der Waals surface area contributed by atoms with Gasteiger partial charge >= 0.3 is 0 Å². The second kappa shape index (κ2) is 7.48. The molecule has 0 aliphatic carbocycles. The van der Waals surface area contributed by atoms with Crippen LogP contribution in [-0.2, 0) is 9.53 Å². The third-order valence-corrected chi connectivity index (χ3v) is 7.02. The van der Waals surface area contributed by atoms with Crippen molar-refractivity contribution in [3.05, 3.63) is 36.1 Å². The van der Waals surface area contributed by atoms with E-state index in [1.165, 1.54) is 0 Å². The molecule has 0 N–H and O–H groups in total. The monoisotopic (exact) mass is 396 g/mol. The molecule has 3 aliphatic heterocycles. The van der Waals surface area contributed by atoms with Crippen LogP contribution in [0.4, 0.5) is 0 Å². The van der Waals surface area contributed by atoms with Crippen molar-refractivity contribution in [2.24, 2.45) is 5.41 Å². The van der Waals surface area contributed by atoms with E-state index in [-0.39, 0.29) is 23.3 Å². The van der Waals surface area contributed by atoms with Crippen molar-refractivity contribution in [1.82, 2.24) is 9.80 Å². The van der Waals surface area contributed by atoms with E-state index in [1.807, 2.05) is 34.1 Å². The molecule has 29 heavy (non-hydrogen) atoms. The van der Waals surface area contributed by atoms with Crippen molar-refractivity contribution in [3.63, 3.8) is 0 Å². The van der Waals surface area contributed by atoms with E-state index in [4.69, 9.17) is 9.15 Å². The highest BCUT2D eigenvalue weighted by Crippen LogP contribution is 2.41. The van der Waals surface area contributed by atoms with E-state index >= 15 is 0 Å². The first-order valence-corrected chi connectivity index (χ1v) is 10.8. The van der Waals surface area contributed by atoms with Crippen LogP contribution in [0.25, 0.3) is 11.0 Å². The number of carbonyl (C=O) groups is 2. The van der Waals surface area contributed by atoms with Gasteiger partial charge in [-0.15, -0.1) is 0 Å². The Balaban J connectivity index is 1.24. The number of benzene rings is 1. The van der Waals surface area contributed by atoms with Crippen LogP contribution in [0.1, 0.15) is 48.9 Å². The van der Waals surface area contributed by atoms with E-state index in [1.54, 1.807) is 6.26 Å². The Labute approximate surface area is 170 Å². The molecule has 3 saturated heterocycles. The molecule has 1 aromatic heterocycles. The number of amides is 2. The number of ether oxygens (including phenoxy) is 1. The number of carbonyl (C=O) groups excluding carboxylic acids is 2. The molecular formula is C23H28N2O4. The van der Waals surface area contributed by atoms with E-state index in [0.717, 1.165) is 75.9 Å². The molecule has 0 unspecified atom stereocenters. The molecule has 3 fully saturated rings. The Morgan fingerprint density at radius 3 is 2.79 bits per heavy atom. The molecule has 6 nitrogen and oxygen atoms in total. The largest absolute Gasteiger partial charge is 0.463 e. The third-order valence-electron chi connectivity index (χ3n) is 7.02. The lowest BCUT2D eigenvalue weighted by Crippen LogP contribution is -2.53. The minimum atomic E-state index is 0.0490. The maximum absolute atomic E-state index is 13.1. The number of para-hydroxylation sites is 1. The highest BCUT2D eigenvalue weighted by atomic mass is 16.5. The molecule has 1 spiro atoms. The fourth-order valence-electron chi connectivity index (χ4n) is 5.21. The van der Waals surface area contributed by atoms with Gasteiger partial charge in [0.25, 0.3) is 5.91 Å². The summed E-state index contributed by atoms with van der Waals surface area (Å²) in [5.74, 6) is 0.308. The van der Waals surface area contributed by atoms with Gasteiger partial charge < -0.3 is 19.0 Å². The average molecular weight is 396 g/mol. The minimum absolute atomic E-state index is 0.0490. The molecule has 4 heterocycles. The van der Waals surface area contributed by atoms with Crippen LogP contribution in [-0.4, -0.2) is 60.5 Å². The Morgan fingerprint density at radius 2 is 2.00 bits per heavy atom. The van der Waals surface area contributed by atoms with Crippen molar-refractivity contribution in [2.75, 3.05) is 32.8 Å². The Bertz CT molecular complexity index is 906. The van der Waals surface area contributed by atoms with Gasteiger partial charge in [0.05, 0.1) is 11.7 Å². The summed E-state index contributed by atoms with van der Waals surface area (Å²) in [4.78, 5) is 29.5. The van der Waals surface area contributed by atoms with Gasteiger partial charge in [-0.3, -0.25) is 9.59 Å². The predicted molar refractivity (Wildman–Crippen MR) is 109 cm³/mol. The Hall–Kier alpha value is -2.34. The fourth-order valence-corrected chi connectivity index (χ4v) is 5.21. The van der Waals surface area contributed by atoms with E-state index < -0.39 is 0 Å². The van der Waals surface area contributed by atoms with Crippen molar-refractivity contribution in [2.45, 2.75) is 44.6 Å². The van der Waals surface area contributed by atoms with Crippen LogP contribution in [0, 0.1) is 5.41 Å². The lowest BCUT2D eigenvalue weighted by molar-refractivity contribution is -0.141. The molecule has 0 saturated carbocycles. The molecule has 1 atom stereocenters. The smallest absolute Gasteiger partial charge is 0.257 e. The summed E-state index contributed by atoms with van der Waals surface area (Å²) in [6.07, 6.45) is 7.38. The molecule has 2 amide bonds. The van der Waals surface area contributed by atoms with Crippen LogP contribution in [0.2, 0.25) is 0 Å². The number of nitrogens with zero attached hydrogens (tertiary/aromatic N) is 2. The maximum Gasteiger partial charge on any atom is 0.257 e. The number of piperidine rings is 2. The van der Waals surface area contributed by atoms with E-state index in [2.05, 4.69) is 0 Å². The average Bonchev–Trinajstić information content (AvgIpc) is 3.41. The Morgan fingerprint density at radius 1 is 1.17 bits per heavy atom. The van der Waals surface area contributed by atoms with E-state index in [0.29, 0.717) is 12.0 Å². The highest BCUT2D eigenvalue weighted by Gasteiger charge is 2.42. The van der Waals surface area contributed by atoms with Crippen LogP contribution >= 0.6 is 0 Å². The third kappa shape index (κ3) is 3.54. The number of rotatable bonds is 3. The van der Waals surface area contributed by atoms with Gasteiger partial charge in [-0.25, -0.2) is 0 Å². The Kier molecular flexibility index (Phi) is 4.82. The second-order valence-corrected chi connectivity index (χ2v) is 8.85. The zero-order valence-electron chi connectivity index (χ0n) is 16.8. The fraction of sp³-hybridized carbons (Fsp3) is 0.565. The quantitative estimate of drug-likeness (QED) is 0.797. The number of furan rings is 1. The topological polar surface area (TPSA) is 63.0 Å². The number of hydrogen-bond donors (Lipinski definition) is 0. The summed E-state index contributed by atoms with van der Waals surface area (Å²) < 4.78 is 11.3. The minimum Gasteiger partial charge on any atom is -0.463 e. The summed E-state index contributed by atoms with van der Waals surface area (Å²) in [5, 5.41) is 0.879. The van der Waals surface area contributed by atoms with Gasteiger partial charge in [0, 0.05) is 44.6 Å². The van der Waals surface area contributed by atoms with Crippen LogP contribution in [0.5, 0.6) is 0 Å². The van der Waals surface area contributed by atoms with Crippen LogP contribution in [0.3, 0.4) is 0 Å². The molecule has 1 aromatic carbocycles. The maximum atomic E-state index is 13.1. The highest BCUT2D eigenvalue weighted by molar-refractivity contribution is 6.05. The van der Waals surface area contributed by atoms with Gasteiger partial charge in [-0.05, 0) is 43.6 Å².